The molecule has 2 N–H and O–H groups in total. The number of hydrogen-bond acceptors (Lipinski definition) is 2. The van der Waals surface area contributed by atoms with Crippen LogP contribution in [0.5, 0.6) is 0 Å². The van der Waals surface area contributed by atoms with Gasteiger partial charge in [-0.1, -0.05) is 0 Å². The van der Waals surface area contributed by atoms with Crippen molar-refractivity contribution < 1.29 is 5.11 Å². The van der Waals surface area contributed by atoms with Crippen LogP contribution in [0.3, 0.4) is 0 Å². The predicted molar refractivity (Wildman–Crippen MR) is 30.6 cm³/mol. The first-order chi connectivity index (χ1) is 3.86. The minimum Gasteiger partial charge on any atom is -0.391 e. The molecule has 0 radical (unpaired) electrons. The maximum atomic E-state index is 9.16. The molecule has 3 atom stereocenters. The molecule has 0 aromatic heterocycles. The Kier molecular flexibility index (Phi) is 0.866. The fraction of sp³-hybridized carbons (Fsp3) is 1.00. The fourth-order valence-corrected chi connectivity index (χ4v) is 1.80. The van der Waals surface area contributed by atoms with Crippen molar-refractivity contribution in [2.45, 2.75) is 37.5 Å². The number of hydrogen-bond donors (Lipinski definition) is 2. The van der Waals surface area contributed by atoms with E-state index in [0.717, 1.165) is 6.42 Å². The van der Waals surface area contributed by atoms with Gasteiger partial charge in [0.15, 0.2) is 0 Å². The normalized spacial score (nSPS) is 52.9. The average Bonchev–Trinajstić information content (AvgIpc) is 2.23. The molecule has 0 amide bonds. The summed E-state index contributed by atoms with van der Waals surface area (Å²) in [6.45, 7) is 0. The van der Waals surface area contributed by atoms with Crippen LogP contribution in [-0.4, -0.2) is 23.3 Å². The van der Waals surface area contributed by atoms with E-state index < -0.39 is 0 Å². The molecule has 2 aliphatic heterocycles. The SMILES string of the molecule is OC1CC2CCC1N2. The van der Waals surface area contributed by atoms with Crippen LogP contribution in [-0.2, 0) is 0 Å². The number of aliphatic hydroxyl groups excluding tert-OH is 1. The van der Waals surface area contributed by atoms with Crippen LogP contribution in [0.15, 0.2) is 0 Å². The number of nitrogens with one attached hydrogen (secondary N) is 1. The van der Waals surface area contributed by atoms with Gasteiger partial charge in [-0.3, -0.25) is 0 Å². The van der Waals surface area contributed by atoms with Crippen molar-refractivity contribution in [3.05, 3.63) is 0 Å². The van der Waals surface area contributed by atoms with E-state index in [-0.39, 0.29) is 6.10 Å². The first kappa shape index (κ1) is 4.77. The smallest absolute Gasteiger partial charge is 0.0708 e. The van der Waals surface area contributed by atoms with Gasteiger partial charge in [-0.05, 0) is 19.3 Å². The zero-order valence-electron chi connectivity index (χ0n) is 4.80. The second-order valence-corrected chi connectivity index (χ2v) is 2.85. The molecule has 0 spiro atoms. The molecule has 0 aromatic rings. The van der Waals surface area contributed by atoms with Crippen LogP contribution >= 0.6 is 0 Å². The Morgan fingerprint density at radius 2 is 2.25 bits per heavy atom. The van der Waals surface area contributed by atoms with Crippen molar-refractivity contribution in [2.24, 2.45) is 0 Å². The van der Waals surface area contributed by atoms with E-state index in [1.807, 2.05) is 0 Å². The molecule has 2 rings (SSSR count). The summed E-state index contributed by atoms with van der Waals surface area (Å²) in [7, 11) is 0. The standard InChI is InChI=1S/C6H11NO/c8-6-3-4-1-2-5(6)7-4/h4-8H,1-3H2. The molecule has 2 bridgehead atoms. The lowest BCUT2D eigenvalue weighted by Gasteiger charge is -2.12. The van der Waals surface area contributed by atoms with Gasteiger partial charge in [0, 0.05) is 12.1 Å². The Bertz CT molecular complexity index is 103. The Labute approximate surface area is 48.9 Å². The molecular weight excluding hydrogens is 102 g/mol. The zero-order valence-corrected chi connectivity index (χ0v) is 4.80. The Balaban J connectivity index is 2.11. The Morgan fingerprint density at radius 1 is 1.38 bits per heavy atom. The van der Waals surface area contributed by atoms with Gasteiger partial charge in [0.2, 0.25) is 0 Å². The van der Waals surface area contributed by atoms with Crippen LogP contribution in [0.2, 0.25) is 0 Å². The van der Waals surface area contributed by atoms with E-state index in [1.54, 1.807) is 0 Å². The minimum atomic E-state index is -0.0336. The molecule has 0 aliphatic carbocycles. The monoisotopic (exact) mass is 113 g/mol. The quantitative estimate of drug-likeness (QED) is 0.458. The molecule has 8 heavy (non-hydrogen) atoms. The Hall–Kier alpha value is -0.0800. The van der Waals surface area contributed by atoms with Crippen molar-refractivity contribution in [1.29, 1.82) is 0 Å². The van der Waals surface area contributed by atoms with Gasteiger partial charge in [-0.25, -0.2) is 0 Å². The highest BCUT2D eigenvalue weighted by molar-refractivity contribution is 4.97. The highest BCUT2D eigenvalue weighted by Gasteiger charge is 2.37. The van der Waals surface area contributed by atoms with Crippen LogP contribution < -0.4 is 5.32 Å². The van der Waals surface area contributed by atoms with Gasteiger partial charge in [0.25, 0.3) is 0 Å². The second kappa shape index (κ2) is 1.45. The van der Waals surface area contributed by atoms with Crippen LogP contribution in [0.25, 0.3) is 0 Å². The minimum absolute atomic E-state index is 0.0336. The van der Waals surface area contributed by atoms with E-state index in [2.05, 4.69) is 5.32 Å². The van der Waals surface area contributed by atoms with Gasteiger partial charge in [0.1, 0.15) is 0 Å². The van der Waals surface area contributed by atoms with Gasteiger partial charge < -0.3 is 10.4 Å². The predicted octanol–water partition coefficient (Wildman–Crippen LogP) is -0.128. The highest BCUT2D eigenvalue weighted by atomic mass is 16.3. The van der Waals surface area contributed by atoms with Gasteiger partial charge in [0.05, 0.1) is 6.10 Å². The highest BCUT2D eigenvalue weighted by Crippen LogP contribution is 2.27. The lowest BCUT2D eigenvalue weighted by molar-refractivity contribution is 0.145. The van der Waals surface area contributed by atoms with Gasteiger partial charge in [-0.2, -0.15) is 0 Å². The molecular formula is C6H11NO. The summed E-state index contributed by atoms with van der Waals surface area (Å²) in [5.74, 6) is 0. The lowest BCUT2D eigenvalue weighted by atomic mass is 9.98. The topological polar surface area (TPSA) is 32.3 Å². The van der Waals surface area contributed by atoms with Crippen LogP contribution in [0, 0.1) is 0 Å². The number of rotatable bonds is 0. The van der Waals surface area contributed by atoms with Crippen LogP contribution in [0.4, 0.5) is 0 Å². The second-order valence-electron chi connectivity index (χ2n) is 2.85. The molecule has 2 heteroatoms. The molecule has 2 saturated heterocycles. The average molecular weight is 113 g/mol. The first-order valence-electron chi connectivity index (χ1n) is 3.30. The third kappa shape index (κ3) is 0.501. The maximum Gasteiger partial charge on any atom is 0.0708 e. The van der Waals surface area contributed by atoms with E-state index >= 15 is 0 Å². The number of fused-ring (bicyclic) bond motifs is 2. The summed E-state index contributed by atoms with van der Waals surface area (Å²) in [6, 6.07) is 1.09. The first-order valence-corrected chi connectivity index (χ1v) is 3.30. The van der Waals surface area contributed by atoms with Crippen molar-refractivity contribution in [1.82, 2.24) is 5.32 Å². The van der Waals surface area contributed by atoms with Crippen molar-refractivity contribution >= 4 is 0 Å². The van der Waals surface area contributed by atoms with Crippen molar-refractivity contribution in [3.63, 3.8) is 0 Å². The van der Waals surface area contributed by atoms with E-state index in [1.165, 1.54) is 12.8 Å². The van der Waals surface area contributed by atoms with Crippen LogP contribution in [0.1, 0.15) is 19.3 Å². The maximum absolute atomic E-state index is 9.16. The van der Waals surface area contributed by atoms with Gasteiger partial charge in [-0.15, -0.1) is 0 Å². The summed E-state index contributed by atoms with van der Waals surface area (Å²) in [4.78, 5) is 0. The third-order valence-electron chi connectivity index (χ3n) is 2.27. The fourth-order valence-electron chi connectivity index (χ4n) is 1.80. The lowest BCUT2D eigenvalue weighted by Crippen LogP contribution is -2.26. The largest absolute Gasteiger partial charge is 0.391 e. The van der Waals surface area contributed by atoms with E-state index in [4.69, 9.17) is 5.11 Å². The Morgan fingerprint density at radius 3 is 2.50 bits per heavy atom. The molecule has 2 heterocycles. The molecule has 3 unspecified atom stereocenters. The summed E-state index contributed by atoms with van der Waals surface area (Å²) < 4.78 is 0. The van der Waals surface area contributed by atoms with E-state index in [9.17, 15) is 0 Å². The summed E-state index contributed by atoms with van der Waals surface area (Å²) in [5.41, 5.74) is 0. The zero-order chi connectivity index (χ0) is 5.56. The molecule has 2 nitrogen and oxygen atoms in total. The summed E-state index contributed by atoms with van der Waals surface area (Å²) in [6.07, 6.45) is 3.42. The van der Waals surface area contributed by atoms with Gasteiger partial charge >= 0.3 is 0 Å². The van der Waals surface area contributed by atoms with Crippen molar-refractivity contribution in [2.75, 3.05) is 0 Å². The molecule has 2 aliphatic rings. The summed E-state index contributed by atoms with van der Waals surface area (Å²) >= 11 is 0. The van der Waals surface area contributed by atoms with E-state index in [0.29, 0.717) is 12.1 Å². The molecule has 46 valence electrons. The molecule has 2 fully saturated rings. The number of aliphatic hydroxyl groups is 1. The molecule has 0 saturated carbocycles. The van der Waals surface area contributed by atoms with Crippen molar-refractivity contribution in [3.8, 4) is 0 Å². The third-order valence-corrected chi connectivity index (χ3v) is 2.27. The molecule has 0 aromatic carbocycles. The summed E-state index contributed by atoms with van der Waals surface area (Å²) in [5, 5.41) is 12.5.